The zero-order chi connectivity index (χ0) is 13.5. The Labute approximate surface area is 111 Å². The first-order valence-corrected chi connectivity index (χ1v) is 5.41. The Bertz CT molecular complexity index is 438. The highest BCUT2D eigenvalue weighted by Gasteiger charge is 2.11. The molecule has 0 aliphatic carbocycles. The fraction of sp³-hybridized carbons (Fsp3) is 0.273. The molecule has 0 saturated heterocycles. The number of hydrogen-bond acceptors (Lipinski definition) is 5. The molecule has 18 heavy (non-hydrogen) atoms. The Morgan fingerprint density at radius 3 is 2.17 bits per heavy atom. The molecule has 0 unspecified atom stereocenters. The molecular formula is C11H15N3O3S. The van der Waals surface area contributed by atoms with Gasteiger partial charge >= 0.3 is 0 Å². The number of methoxy groups -OCH3 is 3. The van der Waals surface area contributed by atoms with E-state index in [1.165, 1.54) is 6.21 Å². The van der Waals surface area contributed by atoms with Crippen molar-refractivity contribution in [3.05, 3.63) is 17.7 Å². The van der Waals surface area contributed by atoms with E-state index < -0.39 is 0 Å². The lowest BCUT2D eigenvalue weighted by Gasteiger charge is -2.12. The van der Waals surface area contributed by atoms with Gasteiger partial charge in [-0.25, -0.2) is 0 Å². The van der Waals surface area contributed by atoms with E-state index in [0.717, 1.165) is 0 Å². The van der Waals surface area contributed by atoms with Crippen LogP contribution in [0.5, 0.6) is 17.2 Å². The maximum Gasteiger partial charge on any atom is 0.184 e. The summed E-state index contributed by atoms with van der Waals surface area (Å²) in [5, 5.41) is 3.95. The molecule has 7 heteroatoms. The molecule has 0 aliphatic rings. The van der Waals surface area contributed by atoms with Crippen molar-refractivity contribution in [1.82, 2.24) is 5.43 Å². The zero-order valence-corrected chi connectivity index (χ0v) is 11.2. The summed E-state index contributed by atoms with van der Waals surface area (Å²) in [6, 6.07) is 3.45. The van der Waals surface area contributed by atoms with Gasteiger partial charge in [-0.2, -0.15) is 5.10 Å². The van der Waals surface area contributed by atoms with Crippen LogP contribution in [-0.2, 0) is 0 Å². The number of nitrogens with two attached hydrogens (primary N) is 1. The number of ether oxygens (including phenoxy) is 3. The van der Waals surface area contributed by atoms with Gasteiger partial charge in [-0.3, -0.25) is 5.43 Å². The number of nitrogens with zero attached hydrogens (tertiary/aromatic N) is 1. The quantitative estimate of drug-likeness (QED) is 0.469. The van der Waals surface area contributed by atoms with E-state index in [1.54, 1.807) is 33.5 Å². The second kappa shape index (κ2) is 6.65. The van der Waals surface area contributed by atoms with Crippen molar-refractivity contribution >= 4 is 23.5 Å². The molecule has 0 heterocycles. The first kappa shape index (κ1) is 14.0. The van der Waals surface area contributed by atoms with Crippen LogP contribution in [0, 0.1) is 0 Å². The minimum absolute atomic E-state index is 0.0812. The van der Waals surface area contributed by atoms with Gasteiger partial charge < -0.3 is 19.9 Å². The molecule has 6 nitrogen and oxygen atoms in total. The molecule has 0 spiro atoms. The highest BCUT2D eigenvalue weighted by atomic mass is 32.1. The summed E-state index contributed by atoms with van der Waals surface area (Å²) >= 11 is 4.64. The number of benzene rings is 1. The fourth-order valence-electron chi connectivity index (χ4n) is 1.32. The van der Waals surface area contributed by atoms with Crippen molar-refractivity contribution in [1.29, 1.82) is 0 Å². The summed E-state index contributed by atoms with van der Waals surface area (Å²) in [6.45, 7) is 0. The molecule has 1 aromatic rings. The summed E-state index contributed by atoms with van der Waals surface area (Å²) in [5.41, 5.74) is 8.39. The highest BCUT2D eigenvalue weighted by molar-refractivity contribution is 7.80. The van der Waals surface area contributed by atoms with Gasteiger partial charge in [0.1, 0.15) is 17.2 Å². The fourth-order valence-corrected chi connectivity index (χ4v) is 1.37. The summed E-state index contributed by atoms with van der Waals surface area (Å²) in [6.07, 6.45) is 1.51. The van der Waals surface area contributed by atoms with Crippen molar-refractivity contribution in [3.8, 4) is 17.2 Å². The Balaban J connectivity index is 3.14. The smallest absolute Gasteiger partial charge is 0.184 e. The Morgan fingerprint density at radius 1 is 1.22 bits per heavy atom. The summed E-state index contributed by atoms with van der Waals surface area (Å²) < 4.78 is 15.6. The third kappa shape index (κ3) is 3.49. The van der Waals surface area contributed by atoms with Crippen molar-refractivity contribution in [2.75, 3.05) is 21.3 Å². The van der Waals surface area contributed by atoms with Crippen molar-refractivity contribution in [2.45, 2.75) is 0 Å². The predicted octanol–water partition coefficient (Wildman–Crippen LogP) is 0.880. The molecule has 1 aromatic carbocycles. The summed E-state index contributed by atoms with van der Waals surface area (Å²) in [7, 11) is 4.66. The molecule has 0 fully saturated rings. The third-order valence-corrected chi connectivity index (χ3v) is 2.21. The minimum Gasteiger partial charge on any atom is -0.496 e. The lowest BCUT2D eigenvalue weighted by atomic mass is 10.2. The first-order chi connectivity index (χ1) is 8.62. The maximum atomic E-state index is 5.27. The summed E-state index contributed by atoms with van der Waals surface area (Å²) in [4.78, 5) is 0. The van der Waals surface area contributed by atoms with Crippen LogP contribution in [0.2, 0.25) is 0 Å². The molecule has 0 amide bonds. The molecule has 0 aromatic heterocycles. The molecule has 98 valence electrons. The van der Waals surface area contributed by atoms with Crippen LogP contribution in [0.1, 0.15) is 5.56 Å². The molecule has 1 rings (SSSR count). The molecule has 0 aliphatic heterocycles. The Morgan fingerprint density at radius 2 is 1.78 bits per heavy atom. The van der Waals surface area contributed by atoms with E-state index in [-0.39, 0.29) is 5.11 Å². The number of hydrogen-bond donors (Lipinski definition) is 2. The van der Waals surface area contributed by atoms with Crippen molar-refractivity contribution < 1.29 is 14.2 Å². The van der Waals surface area contributed by atoms with Crippen LogP contribution in [0.15, 0.2) is 17.2 Å². The SMILES string of the molecule is COc1cc(OC)c(/C=N/NC(N)=S)c(OC)c1. The standard InChI is InChI=1S/C11H15N3O3S/c1-15-7-4-9(16-2)8(10(5-7)17-3)6-13-14-11(12)18/h4-6H,1-3H3,(H3,12,14,18)/b13-6+. The number of thiocarbonyl (C=S) groups is 1. The van der Waals surface area contributed by atoms with Crippen LogP contribution < -0.4 is 25.4 Å². The van der Waals surface area contributed by atoms with E-state index in [4.69, 9.17) is 19.9 Å². The van der Waals surface area contributed by atoms with Gasteiger partial charge in [0, 0.05) is 12.1 Å². The lowest BCUT2D eigenvalue weighted by molar-refractivity contribution is 0.374. The van der Waals surface area contributed by atoms with Gasteiger partial charge in [-0.1, -0.05) is 0 Å². The average Bonchev–Trinajstić information content (AvgIpc) is 2.37. The lowest BCUT2D eigenvalue weighted by Crippen LogP contribution is -2.24. The van der Waals surface area contributed by atoms with Gasteiger partial charge in [-0.05, 0) is 12.2 Å². The van der Waals surface area contributed by atoms with Crippen LogP contribution in [0.25, 0.3) is 0 Å². The van der Waals surface area contributed by atoms with E-state index in [0.29, 0.717) is 22.8 Å². The maximum absolute atomic E-state index is 5.27. The topological polar surface area (TPSA) is 78.1 Å². The van der Waals surface area contributed by atoms with Gasteiger partial charge in [0.25, 0.3) is 0 Å². The van der Waals surface area contributed by atoms with E-state index in [1.807, 2.05) is 0 Å². The monoisotopic (exact) mass is 269 g/mol. The molecule has 0 radical (unpaired) electrons. The second-order valence-electron chi connectivity index (χ2n) is 3.18. The Kier molecular flexibility index (Phi) is 5.19. The van der Waals surface area contributed by atoms with Gasteiger partial charge in [0.15, 0.2) is 5.11 Å². The first-order valence-electron chi connectivity index (χ1n) is 5.01. The van der Waals surface area contributed by atoms with Crippen molar-refractivity contribution in [3.63, 3.8) is 0 Å². The van der Waals surface area contributed by atoms with E-state index >= 15 is 0 Å². The predicted molar refractivity (Wildman–Crippen MR) is 73.6 cm³/mol. The normalized spacial score (nSPS) is 10.2. The second-order valence-corrected chi connectivity index (χ2v) is 3.62. The van der Waals surface area contributed by atoms with E-state index in [9.17, 15) is 0 Å². The molecule has 0 bridgehead atoms. The van der Waals surface area contributed by atoms with Gasteiger partial charge in [0.05, 0.1) is 33.1 Å². The number of nitrogens with one attached hydrogen (secondary N) is 1. The number of rotatable bonds is 5. The van der Waals surface area contributed by atoms with Gasteiger partial charge in [0.2, 0.25) is 0 Å². The van der Waals surface area contributed by atoms with Crippen LogP contribution in [0.3, 0.4) is 0 Å². The zero-order valence-electron chi connectivity index (χ0n) is 10.4. The largest absolute Gasteiger partial charge is 0.496 e. The Hall–Kier alpha value is -2.02. The van der Waals surface area contributed by atoms with E-state index in [2.05, 4.69) is 22.7 Å². The van der Waals surface area contributed by atoms with Crippen LogP contribution in [-0.4, -0.2) is 32.7 Å². The molecular weight excluding hydrogens is 254 g/mol. The molecule has 0 atom stereocenters. The molecule has 0 saturated carbocycles. The third-order valence-electron chi connectivity index (χ3n) is 2.12. The minimum atomic E-state index is 0.0812. The van der Waals surface area contributed by atoms with Crippen molar-refractivity contribution in [2.24, 2.45) is 10.8 Å². The highest BCUT2D eigenvalue weighted by Crippen LogP contribution is 2.32. The van der Waals surface area contributed by atoms with Crippen LogP contribution >= 0.6 is 12.2 Å². The molecule has 3 N–H and O–H groups in total. The average molecular weight is 269 g/mol. The van der Waals surface area contributed by atoms with Crippen LogP contribution in [0.4, 0.5) is 0 Å². The number of hydrazone groups is 1. The van der Waals surface area contributed by atoms with Gasteiger partial charge in [-0.15, -0.1) is 0 Å². The summed E-state index contributed by atoms with van der Waals surface area (Å²) in [5.74, 6) is 1.77.